The Morgan fingerprint density at radius 3 is 2.08 bits per heavy atom. The van der Waals surface area contributed by atoms with E-state index < -0.39 is 67.4 Å². The molecule has 0 spiro atoms. The van der Waals surface area contributed by atoms with Crippen molar-refractivity contribution >= 4 is 38.1 Å². The average Bonchev–Trinajstić information content (AvgIpc) is 2.88. The second-order valence-corrected chi connectivity index (χ2v) is 10.9. The number of piperidine rings is 1. The zero-order valence-electron chi connectivity index (χ0n) is 22.3. The number of nitrogens with zero attached hydrogens (tertiary/aromatic N) is 1. The number of para-hydroxylation sites is 1. The van der Waals surface area contributed by atoms with E-state index in [4.69, 9.17) is 9.47 Å². The molecule has 0 saturated carbocycles. The number of nitrogens with one attached hydrogen (secondary N) is 2. The van der Waals surface area contributed by atoms with Crippen molar-refractivity contribution in [3.63, 3.8) is 0 Å². The molecule has 1 aliphatic rings. The minimum absolute atomic E-state index is 0.0370. The monoisotopic (exact) mass is 555 g/mol. The number of benzene rings is 1. The Morgan fingerprint density at radius 1 is 1.00 bits per heavy atom. The van der Waals surface area contributed by atoms with Gasteiger partial charge in [-0.25, -0.2) is 4.79 Å². The Balaban J connectivity index is 2.29. The van der Waals surface area contributed by atoms with Crippen molar-refractivity contribution in [1.29, 1.82) is 0 Å². The van der Waals surface area contributed by atoms with Gasteiger partial charge in [0.25, 0.3) is 0 Å². The van der Waals surface area contributed by atoms with Gasteiger partial charge in [-0.05, 0) is 38.8 Å². The molecule has 1 aliphatic heterocycles. The van der Waals surface area contributed by atoms with Crippen molar-refractivity contribution in [2.75, 3.05) is 18.0 Å². The van der Waals surface area contributed by atoms with E-state index in [-0.39, 0.29) is 12.8 Å². The summed E-state index contributed by atoms with van der Waals surface area (Å²) in [4.78, 5) is 51.3. The molecule has 0 bridgehead atoms. The van der Waals surface area contributed by atoms with Gasteiger partial charge < -0.3 is 39.8 Å². The number of anilines is 1. The molecule has 1 aromatic rings. The highest BCUT2D eigenvalue weighted by molar-refractivity contribution is 7.26. The molecule has 0 aromatic heterocycles. The van der Waals surface area contributed by atoms with Gasteiger partial charge in [0.05, 0.1) is 25.8 Å². The third-order valence-corrected chi connectivity index (χ3v) is 8.27. The van der Waals surface area contributed by atoms with Crippen LogP contribution < -0.4 is 15.5 Å². The van der Waals surface area contributed by atoms with Crippen LogP contribution in [0.4, 0.5) is 10.5 Å². The Kier molecular flexibility index (Phi) is 10.7. The van der Waals surface area contributed by atoms with Crippen LogP contribution in [0.3, 0.4) is 0 Å². The van der Waals surface area contributed by atoms with Crippen LogP contribution in [0.15, 0.2) is 30.3 Å². The molecule has 38 heavy (non-hydrogen) atoms. The highest BCUT2D eigenvalue weighted by atomic mass is 31.1. The van der Waals surface area contributed by atoms with Crippen LogP contribution in [0.1, 0.15) is 47.5 Å². The minimum Gasteiger partial charge on any atom is -0.480 e. The summed E-state index contributed by atoms with van der Waals surface area (Å²) in [6.07, 6.45) is -2.21. The lowest BCUT2D eigenvalue weighted by Gasteiger charge is -2.50. The maximum Gasteiger partial charge on any atom is 0.410 e. The summed E-state index contributed by atoms with van der Waals surface area (Å²) >= 11 is 0. The quantitative estimate of drug-likeness (QED) is 0.180. The molecule has 5 atom stereocenters. The van der Waals surface area contributed by atoms with E-state index in [9.17, 15) is 34.0 Å². The van der Waals surface area contributed by atoms with E-state index in [1.807, 2.05) is 35.2 Å². The maximum absolute atomic E-state index is 13.6. The first-order valence-corrected chi connectivity index (χ1v) is 13.5. The Hall–Kier alpha value is -3.11. The molecular weight excluding hydrogens is 517 g/mol. The number of esters is 1. The average molecular weight is 556 g/mol. The first-order chi connectivity index (χ1) is 17.8. The summed E-state index contributed by atoms with van der Waals surface area (Å²) in [5.74, 6) is -3.06. The van der Waals surface area contributed by atoms with E-state index in [0.29, 0.717) is 13.1 Å². The molecule has 1 fully saturated rings. The zero-order valence-corrected chi connectivity index (χ0v) is 23.5. The third-order valence-electron chi connectivity index (χ3n) is 6.86. The summed E-state index contributed by atoms with van der Waals surface area (Å²) in [6, 6.07) is 6.90. The normalized spacial score (nSPS) is 19.2. The highest BCUT2D eigenvalue weighted by Crippen LogP contribution is 2.50. The number of alkyl carbamates (subject to hydrolysis) is 1. The zero-order chi connectivity index (χ0) is 28.7. The number of aliphatic carboxylic acids is 1. The van der Waals surface area contributed by atoms with Crippen molar-refractivity contribution < 1.29 is 43.4 Å². The number of ether oxygens (including phenoxy) is 2. The van der Waals surface area contributed by atoms with Gasteiger partial charge >= 0.3 is 18.0 Å². The molecule has 1 heterocycles. The summed E-state index contributed by atoms with van der Waals surface area (Å²) < 4.78 is 22.7. The number of amides is 2. The molecule has 0 radical (unpaired) electrons. The van der Waals surface area contributed by atoms with Crippen LogP contribution >= 0.6 is 8.46 Å². The maximum atomic E-state index is 13.6. The molecule has 2 amide bonds. The summed E-state index contributed by atoms with van der Waals surface area (Å²) in [6.45, 7) is 7.86. The Labute approximate surface area is 223 Å². The highest BCUT2D eigenvalue weighted by Gasteiger charge is 2.59. The molecule has 12 nitrogen and oxygen atoms in total. The van der Waals surface area contributed by atoms with Gasteiger partial charge in [0.1, 0.15) is 11.4 Å². The van der Waals surface area contributed by atoms with Crippen molar-refractivity contribution in [3.05, 3.63) is 30.3 Å². The number of hydrogen-bond donors (Lipinski definition) is 4. The summed E-state index contributed by atoms with van der Waals surface area (Å²) in [5, 5.41) is 23.7. The second kappa shape index (κ2) is 13.1. The lowest BCUT2D eigenvalue weighted by molar-refractivity contribution is -0.169. The van der Waals surface area contributed by atoms with Gasteiger partial charge in [-0.1, -0.05) is 32.0 Å². The molecule has 13 heteroatoms. The summed E-state index contributed by atoms with van der Waals surface area (Å²) in [5.41, 5.74) is -0.778. The van der Waals surface area contributed by atoms with Gasteiger partial charge in [0.15, 0.2) is 0 Å². The molecule has 212 valence electrons. The molecule has 2 rings (SSSR count). The number of hydrogen-bond acceptors (Lipinski definition) is 9. The van der Waals surface area contributed by atoms with Crippen LogP contribution in [0.5, 0.6) is 0 Å². The first kappa shape index (κ1) is 31.1. The van der Waals surface area contributed by atoms with Gasteiger partial charge in [-0.15, -0.1) is 0 Å². The third kappa shape index (κ3) is 7.05. The van der Waals surface area contributed by atoms with Crippen molar-refractivity contribution in [3.8, 4) is 0 Å². The smallest absolute Gasteiger partial charge is 0.410 e. The Bertz CT molecular complexity index is 1010. The molecule has 1 aromatic carbocycles. The van der Waals surface area contributed by atoms with Gasteiger partial charge in [-0.3, -0.25) is 14.4 Å². The molecule has 1 saturated heterocycles. The van der Waals surface area contributed by atoms with Crippen LogP contribution in [0.25, 0.3) is 0 Å². The lowest BCUT2D eigenvalue weighted by Crippen LogP contribution is -2.66. The number of carboxylic acids is 1. The van der Waals surface area contributed by atoms with Gasteiger partial charge in [0.2, 0.25) is 12.2 Å². The summed E-state index contributed by atoms with van der Waals surface area (Å²) in [7, 11) is -2.07. The number of aliphatic hydroxyl groups is 1. The first-order valence-electron chi connectivity index (χ1n) is 12.5. The van der Waals surface area contributed by atoms with Gasteiger partial charge in [-0.2, -0.15) is 0 Å². The standard InChI is InChI=1S/C25H38N3O9P/c1-15(2)21(31)36-18(5)37-23(33)27-17(4)25(34,38-35)24(22(32)26-16(3)20(29)30)11-13-28(14-12-24)19-9-7-6-8-10-19/h6-10,15-18,34H,11-14,38H2,1-5H3,(H,26,32)(H,27,33)(H,29,30). The topological polar surface area (TPSA) is 172 Å². The fourth-order valence-electron chi connectivity index (χ4n) is 4.42. The lowest BCUT2D eigenvalue weighted by atomic mass is 9.69. The van der Waals surface area contributed by atoms with Crippen LogP contribution in [0, 0.1) is 11.3 Å². The van der Waals surface area contributed by atoms with E-state index in [0.717, 1.165) is 5.69 Å². The number of carboxylic acid groups (broad SMARTS) is 1. The fraction of sp³-hybridized carbons (Fsp3) is 0.600. The molecule has 4 N–H and O–H groups in total. The van der Waals surface area contributed by atoms with Crippen LogP contribution in [0.2, 0.25) is 0 Å². The minimum atomic E-state index is -2.23. The predicted octanol–water partition coefficient (Wildman–Crippen LogP) is 1.97. The molecular formula is C25H38N3O9P. The largest absolute Gasteiger partial charge is 0.480 e. The number of rotatable bonds is 11. The van der Waals surface area contributed by atoms with E-state index in [1.165, 1.54) is 20.8 Å². The van der Waals surface area contributed by atoms with E-state index in [1.54, 1.807) is 13.8 Å². The number of carbonyl (C=O) groups is 4. The number of carbonyl (C=O) groups excluding carboxylic acids is 3. The fourth-order valence-corrected chi connectivity index (χ4v) is 5.35. The predicted molar refractivity (Wildman–Crippen MR) is 140 cm³/mol. The van der Waals surface area contributed by atoms with Crippen LogP contribution in [-0.4, -0.2) is 71.0 Å². The van der Waals surface area contributed by atoms with Gasteiger partial charge in [0, 0.05) is 25.7 Å². The van der Waals surface area contributed by atoms with Crippen molar-refractivity contribution in [1.82, 2.24) is 10.6 Å². The molecule has 0 aliphatic carbocycles. The van der Waals surface area contributed by atoms with Crippen molar-refractivity contribution in [2.45, 2.75) is 71.2 Å². The SMILES string of the molecule is CC(OC(=O)NC(C)C(O)([PH2]=O)C1(C(=O)NC(C)C(=O)O)CCN(c2ccccc2)CC1)OC(=O)C(C)C. The van der Waals surface area contributed by atoms with E-state index in [2.05, 4.69) is 10.6 Å². The Morgan fingerprint density at radius 2 is 1.58 bits per heavy atom. The van der Waals surface area contributed by atoms with E-state index >= 15 is 0 Å². The second-order valence-electron chi connectivity index (χ2n) is 9.81. The van der Waals surface area contributed by atoms with Crippen LogP contribution in [-0.2, 0) is 28.4 Å². The molecule has 5 unspecified atom stereocenters. The van der Waals surface area contributed by atoms with Crippen molar-refractivity contribution in [2.24, 2.45) is 11.3 Å².